The molecule has 2 heterocycles. The van der Waals surface area contributed by atoms with Crippen LogP contribution in [-0.4, -0.2) is 38.9 Å². The second-order valence-corrected chi connectivity index (χ2v) is 6.06. The number of halogens is 1. The van der Waals surface area contributed by atoms with E-state index in [2.05, 4.69) is 15.3 Å². The lowest BCUT2D eigenvalue weighted by Crippen LogP contribution is -2.43. The maximum absolute atomic E-state index is 14.1. The highest BCUT2D eigenvalue weighted by molar-refractivity contribution is 5.80. The van der Waals surface area contributed by atoms with Gasteiger partial charge < -0.3 is 10.2 Å². The number of likely N-dealkylation sites (tertiary alicyclic amines) is 1. The maximum atomic E-state index is 14.1. The van der Waals surface area contributed by atoms with E-state index in [1.165, 1.54) is 6.33 Å². The molecule has 0 aromatic carbocycles. The second kappa shape index (κ2) is 5.34. The van der Waals surface area contributed by atoms with Gasteiger partial charge in [-0.05, 0) is 27.2 Å². The molecule has 0 bridgehead atoms. The summed E-state index contributed by atoms with van der Waals surface area (Å²) < 4.78 is 14.1. The van der Waals surface area contributed by atoms with Crippen LogP contribution in [0.1, 0.15) is 39.8 Å². The van der Waals surface area contributed by atoms with Gasteiger partial charge in [0.15, 0.2) is 11.6 Å². The molecule has 1 aromatic heterocycles. The fourth-order valence-electron chi connectivity index (χ4n) is 2.40. The average molecular weight is 280 g/mol. The van der Waals surface area contributed by atoms with Gasteiger partial charge in [0.05, 0.1) is 11.7 Å². The van der Waals surface area contributed by atoms with Crippen molar-refractivity contribution in [1.29, 1.82) is 0 Å². The normalized spacial score (nSPS) is 19.6. The first-order chi connectivity index (χ1) is 9.32. The molecule has 20 heavy (non-hydrogen) atoms. The lowest BCUT2D eigenvalue weighted by atomic mass is 10.1. The van der Waals surface area contributed by atoms with Crippen LogP contribution in [-0.2, 0) is 11.2 Å². The van der Waals surface area contributed by atoms with E-state index >= 15 is 0 Å². The molecule has 2 rings (SSSR count). The number of nitrogens with one attached hydrogen (secondary N) is 1. The van der Waals surface area contributed by atoms with E-state index in [4.69, 9.17) is 0 Å². The predicted octanol–water partition coefficient (Wildman–Crippen LogP) is 1.99. The maximum Gasteiger partial charge on any atom is 0.225 e. The minimum atomic E-state index is -0.420. The van der Waals surface area contributed by atoms with Crippen LogP contribution in [0.2, 0.25) is 0 Å². The summed E-state index contributed by atoms with van der Waals surface area (Å²) in [6.07, 6.45) is 2.23. The molecule has 1 fully saturated rings. The van der Waals surface area contributed by atoms with Crippen molar-refractivity contribution in [3.63, 3.8) is 0 Å². The van der Waals surface area contributed by atoms with Gasteiger partial charge in [0.25, 0.3) is 0 Å². The highest BCUT2D eigenvalue weighted by Gasteiger charge is 2.36. The van der Waals surface area contributed by atoms with Crippen molar-refractivity contribution in [2.45, 2.75) is 52.1 Å². The summed E-state index contributed by atoms with van der Waals surface area (Å²) in [4.78, 5) is 21.6. The predicted molar refractivity (Wildman–Crippen MR) is 74.9 cm³/mol. The van der Waals surface area contributed by atoms with Gasteiger partial charge in [-0.3, -0.25) is 4.79 Å². The van der Waals surface area contributed by atoms with Gasteiger partial charge in [0.1, 0.15) is 6.33 Å². The van der Waals surface area contributed by atoms with Crippen molar-refractivity contribution in [2.75, 3.05) is 11.9 Å². The first-order valence-corrected chi connectivity index (χ1v) is 6.89. The number of carbonyl (C=O) groups is 1. The molecule has 6 heteroatoms. The Bertz CT molecular complexity index is 512. The van der Waals surface area contributed by atoms with Crippen molar-refractivity contribution in [3.8, 4) is 0 Å². The van der Waals surface area contributed by atoms with Gasteiger partial charge in [-0.25, -0.2) is 14.4 Å². The topological polar surface area (TPSA) is 58.1 Å². The molecule has 110 valence electrons. The Kier molecular flexibility index (Phi) is 3.92. The zero-order valence-electron chi connectivity index (χ0n) is 12.4. The third kappa shape index (κ3) is 2.89. The van der Waals surface area contributed by atoms with Crippen LogP contribution in [0.5, 0.6) is 0 Å². The van der Waals surface area contributed by atoms with Crippen molar-refractivity contribution < 1.29 is 9.18 Å². The highest BCUT2D eigenvalue weighted by atomic mass is 19.1. The smallest absolute Gasteiger partial charge is 0.225 e. The van der Waals surface area contributed by atoms with Gasteiger partial charge in [0, 0.05) is 18.5 Å². The number of rotatable bonds is 3. The molecule has 0 saturated carbocycles. The number of hydrogen-bond acceptors (Lipinski definition) is 4. The van der Waals surface area contributed by atoms with E-state index in [0.29, 0.717) is 25.1 Å². The summed E-state index contributed by atoms with van der Waals surface area (Å²) in [5.74, 6) is -0.151. The van der Waals surface area contributed by atoms with Crippen LogP contribution < -0.4 is 5.32 Å². The summed E-state index contributed by atoms with van der Waals surface area (Å²) in [6.45, 7) is 8.39. The van der Waals surface area contributed by atoms with Crippen LogP contribution in [0.4, 0.5) is 10.2 Å². The van der Waals surface area contributed by atoms with Crippen LogP contribution in [0, 0.1) is 5.82 Å². The molecule has 0 spiro atoms. The molecule has 1 saturated heterocycles. The monoisotopic (exact) mass is 280 g/mol. The summed E-state index contributed by atoms with van der Waals surface area (Å²) >= 11 is 0. The fraction of sp³-hybridized carbons (Fsp3) is 0.643. The summed E-state index contributed by atoms with van der Waals surface area (Å²) in [7, 11) is 0. The minimum Gasteiger partial charge on any atom is -0.362 e. The number of nitrogens with zero attached hydrogens (tertiary/aromatic N) is 3. The molecule has 5 nitrogen and oxygen atoms in total. The van der Waals surface area contributed by atoms with Crippen molar-refractivity contribution >= 4 is 11.7 Å². The minimum absolute atomic E-state index is 0.0835. The van der Waals surface area contributed by atoms with Gasteiger partial charge >= 0.3 is 0 Å². The largest absolute Gasteiger partial charge is 0.362 e. The Balaban J connectivity index is 2.11. The Morgan fingerprint density at radius 1 is 1.45 bits per heavy atom. The number of aryl methyl sites for hydroxylation is 1. The SMILES string of the molecule is CCc1ncnc(N[C@@H]2CC(=O)N(C(C)(C)C)C2)c1F. The molecular weight excluding hydrogens is 259 g/mol. The van der Waals surface area contributed by atoms with Crippen LogP contribution in [0.3, 0.4) is 0 Å². The Morgan fingerprint density at radius 2 is 2.15 bits per heavy atom. The Hall–Kier alpha value is -1.72. The van der Waals surface area contributed by atoms with E-state index in [0.717, 1.165) is 0 Å². The van der Waals surface area contributed by atoms with Crippen molar-refractivity contribution in [3.05, 3.63) is 17.8 Å². The van der Waals surface area contributed by atoms with Crippen LogP contribution in [0.25, 0.3) is 0 Å². The number of aromatic nitrogens is 2. The number of hydrogen-bond donors (Lipinski definition) is 1. The molecular formula is C14H21FN4O. The zero-order valence-corrected chi connectivity index (χ0v) is 12.4. The highest BCUT2D eigenvalue weighted by Crippen LogP contribution is 2.24. The lowest BCUT2D eigenvalue weighted by molar-refractivity contribution is -0.131. The second-order valence-electron chi connectivity index (χ2n) is 6.06. The summed E-state index contributed by atoms with van der Waals surface area (Å²) in [6, 6.07) is -0.115. The number of anilines is 1. The third-order valence-corrected chi connectivity index (χ3v) is 3.47. The van der Waals surface area contributed by atoms with Gasteiger partial charge in [-0.15, -0.1) is 0 Å². The summed E-state index contributed by atoms with van der Waals surface area (Å²) in [5, 5.41) is 3.03. The molecule has 0 radical (unpaired) electrons. The Morgan fingerprint density at radius 3 is 2.70 bits per heavy atom. The van der Waals surface area contributed by atoms with Crippen LogP contribution >= 0.6 is 0 Å². The number of amides is 1. The fourth-order valence-corrected chi connectivity index (χ4v) is 2.40. The van der Waals surface area contributed by atoms with Gasteiger partial charge in [0.2, 0.25) is 5.91 Å². The van der Waals surface area contributed by atoms with E-state index in [1.54, 1.807) is 0 Å². The quantitative estimate of drug-likeness (QED) is 0.920. The molecule has 1 amide bonds. The first kappa shape index (κ1) is 14.7. The standard InChI is InChI=1S/C14H21FN4O/c1-5-10-12(15)13(17-8-16-10)18-9-6-11(20)19(7-9)14(2,3)4/h8-9H,5-7H2,1-4H3,(H,16,17,18)/t9-/m1/s1. The molecule has 1 atom stereocenters. The van der Waals surface area contributed by atoms with Crippen molar-refractivity contribution in [1.82, 2.24) is 14.9 Å². The van der Waals surface area contributed by atoms with E-state index in [9.17, 15) is 9.18 Å². The molecule has 1 aliphatic rings. The third-order valence-electron chi connectivity index (χ3n) is 3.47. The van der Waals surface area contributed by atoms with Crippen molar-refractivity contribution in [2.24, 2.45) is 0 Å². The van der Waals surface area contributed by atoms with Crippen LogP contribution in [0.15, 0.2) is 6.33 Å². The lowest BCUT2D eigenvalue weighted by Gasteiger charge is -2.32. The molecule has 1 aliphatic heterocycles. The average Bonchev–Trinajstić information content (AvgIpc) is 2.73. The first-order valence-electron chi connectivity index (χ1n) is 6.89. The molecule has 1 aromatic rings. The zero-order chi connectivity index (χ0) is 14.9. The van der Waals surface area contributed by atoms with E-state index in [-0.39, 0.29) is 23.3 Å². The molecule has 0 unspecified atom stereocenters. The van der Waals surface area contributed by atoms with E-state index in [1.807, 2.05) is 32.6 Å². The van der Waals surface area contributed by atoms with E-state index < -0.39 is 5.82 Å². The Labute approximate surface area is 118 Å². The number of carbonyl (C=O) groups excluding carboxylic acids is 1. The molecule has 1 N–H and O–H groups in total. The van der Waals surface area contributed by atoms with Gasteiger partial charge in [-0.1, -0.05) is 6.92 Å². The summed E-state index contributed by atoms with van der Waals surface area (Å²) in [5.41, 5.74) is 0.172. The van der Waals surface area contributed by atoms with Gasteiger partial charge in [-0.2, -0.15) is 0 Å². The molecule has 0 aliphatic carbocycles.